The summed E-state index contributed by atoms with van der Waals surface area (Å²) in [6, 6.07) is 13.7. The van der Waals surface area contributed by atoms with Crippen molar-refractivity contribution in [1.82, 2.24) is 15.7 Å². The van der Waals surface area contributed by atoms with Crippen LogP contribution in [0.5, 0.6) is 0 Å². The van der Waals surface area contributed by atoms with Crippen LogP contribution in [-0.4, -0.2) is 36.1 Å². The van der Waals surface area contributed by atoms with Gasteiger partial charge in [-0.15, -0.1) is 0 Å². The monoisotopic (exact) mass is 451 g/mol. The second-order valence-electron chi connectivity index (χ2n) is 9.27. The standard InChI is InChI=1S/C27H25N5O2/c33-26(20-13-19(20)17-6-2-1-3-7-17)30-18-11-21-25-22(15-29-32-27(21)34)23(31-24(25)12-18)8-4-5-16-9-10-28-14-16/h1-3,6-7,11-12,15-16,19-20,28,31H,5,9-10,13-14H2,(H,30,33)(H,32,34)/t16?,19-,20+/m0/s1. The zero-order chi connectivity index (χ0) is 23.1. The topological polar surface area (TPSA) is 98.4 Å². The number of anilines is 1. The highest BCUT2D eigenvalue weighted by Crippen LogP contribution is 2.48. The number of benzene rings is 2. The van der Waals surface area contributed by atoms with Crippen LogP contribution in [0.15, 0.2) is 47.6 Å². The van der Waals surface area contributed by atoms with Crippen molar-refractivity contribution < 1.29 is 9.59 Å². The van der Waals surface area contributed by atoms with Crippen LogP contribution in [0.25, 0.3) is 10.9 Å². The number of aromatic nitrogens is 1. The van der Waals surface area contributed by atoms with E-state index in [1.165, 1.54) is 5.56 Å². The molecule has 2 fully saturated rings. The number of rotatable bonds is 4. The highest BCUT2D eigenvalue weighted by Gasteiger charge is 2.43. The molecule has 2 aromatic carbocycles. The third-order valence-electron chi connectivity index (χ3n) is 6.93. The summed E-state index contributed by atoms with van der Waals surface area (Å²) in [6.45, 7) is 2.06. The van der Waals surface area contributed by atoms with E-state index < -0.39 is 0 Å². The van der Waals surface area contributed by atoms with E-state index in [2.05, 4.69) is 50.1 Å². The minimum Gasteiger partial charge on any atom is -0.347 e. The molecule has 3 heterocycles. The molecule has 170 valence electrons. The number of carbonyl (C=O) groups excluding carboxylic acids is 2. The van der Waals surface area contributed by atoms with Gasteiger partial charge < -0.3 is 15.6 Å². The van der Waals surface area contributed by atoms with Gasteiger partial charge in [0.1, 0.15) is 0 Å². The van der Waals surface area contributed by atoms with E-state index in [1.54, 1.807) is 12.3 Å². The second kappa shape index (κ2) is 8.47. The fourth-order valence-electron chi connectivity index (χ4n) is 5.01. The summed E-state index contributed by atoms with van der Waals surface area (Å²) in [5.41, 5.74) is 7.09. The Morgan fingerprint density at radius 3 is 2.91 bits per heavy atom. The van der Waals surface area contributed by atoms with E-state index in [0.29, 0.717) is 17.2 Å². The maximum absolute atomic E-state index is 12.9. The Morgan fingerprint density at radius 1 is 1.21 bits per heavy atom. The SMILES string of the molecule is O=C1NN=Cc2c(C#CCC3CCNC3)[nH]c3cc(NC(=O)[C@@H]4C[C@H]4c4ccccc4)cc1c23. The Bertz CT molecular complexity index is 1370. The van der Waals surface area contributed by atoms with Crippen LogP contribution in [0.4, 0.5) is 5.69 Å². The lowest BCUT2D eigenvalue weighted by Gasteiger charge is -2.08. The summed E-state index contributed by atoms with van der Waals surface area (Å²) in [4.78, 5) is 29.0. The number of hydrogen-bond donors (Lipinski definition) is 4. The van der Waals surface area contributed by atoms with Crippen LogP contribution in [0.2, 0.25) is 0 Å². The number of H-pyrrole nitrogens is 1. The molecule has 3 atom stereocenters. The lowest BCUT2D eigenvalue weighted by molar-refractivity contribution is -0.117. The quantitative estimate of drug-likeness (QED) is 0.458. The second-order valence-corrected chi connectivity index (χ2v) is 9.27. The molecule has 1 saturated carbocycles. The molecule has 7 nitrogen and oxygen atoms in total. The number of amides is 2. The first-order valence-electron chi connectivity index (χ1n) is 11.8. The van der Waals surface area contributed by atoms with Gasteiger partial charge in [-0.25, -0.2) is 5.43 Å². The summed E-state index contributed by atoms with van der Waals surface area (Å²) >= 11 is 0. The van der Waals surface area contributed by atoms with Gasteiger partial charge in [0.25, 0.3) is 5.91 Å². The predicted octanol–water partition coefficient (Wildman–Crippen LogP) is 3.34. The lowest BCUT2D eigenvalue weighted by Crippen LogP contribution is -2.18. The Hall–Kier alpha value is -3.89. The summed E-state index contributed by atoms with van der Waals surface area (Å²) in [6.07, 6.45) is 4.45. The van der Waals surface area contributed by atoms with E-state index in [0.717, 1.165) is 54.5 Å². The van der Waals surface area contributed by atoms with Crippen LogP contribution >= 0.6 is 0 Å². The molecule has 2 amide bonds. The molecule has 3 aromatic rings. The van der Waals surface area contributed by atoms with E-state index >= 15 is 0 Å². The first-order chi connectivity index (χ1) is 16.7. The largest absolute Gasteiger partial charge is 0.347 e. The number of hydrogen-bond acceptors (Lipinski definition) is 4. The molecule has 6 rings (SSSR count). The number of nitrogens with one attached hydrogen (secondary N) is 4. The van der Waals surface area contributed by atoms with Gasteiger partial charge in [0.15, 0.2) is 0 Å². The molecule has 1 aliphatic carbocycles. The first kappa shape index (κ1) is 20.7. The average molecular weight is 452 g/mol. The first-order valence-corrected chi connectivity index (χ1v) is 11.8. The Labute approximate surface area is 197 Å². The zero-order valence-electron chi connectivity index (χ0n) is 18.7. The molecule has 1 unspecified atom stereocenters. The Morgan fingerprint density at radius 2 is 2.09 bits per heavy atom. The van der Waals surface area contributed by atoms with Crippen LogP contribution in [0.1, 0.15) is 52.4 Å². The van der Waals surface area contributed by atoms with Gasteiger partial charge in [-0.1, -0.05) is 36.3 Å². The third-order valence-corrected chi connectivity index (χ3v) is 6.93. The summed E-state index contributed by atoms with van der Waals surface area (Å²) < 4.78 is 0. The molecule has 4 N–H and O–H groups in total. The molecule has 34 heavy (non-hydrogen) atoms. The van der Waals surface area contributed by atoms with Crippen molar-refractivity contribution in [3.05, 3.63) is 64.8 Å². The van der Waals surface area contributed by atoms with E-state index in [4.69, 9.17) is 0 Å². The van der Waals surface area contributed by atoms with Crippen molar-refractivity contribution in [1.29, 1.82) is 0 Å². The zero-order valence-corrected chi connectivity index (χ0v) is 18.7. The minimum absolute atomic E-state index is 0.0253. The molecule has 3 aliphatic rings. The summed E-state index contributed by atoms with van der Waals surface area (Å²) in [7, 11) is 0. The molecule has 0 bridgehead atoms. The molecule has 1 saturated heterocycles. The smallest absolute Gasteiger partial charge is 0.272 e. The van der Waals surface area contributed by atoms with E-state index in [1.807, 2.05) is 24.3 Å². The van der Waals surface area contributed by atoms with Crippen LogP contribution in [0, 0.1) is 23.7 Å². The fraction of sp³-hybridized carbons (Fsp3) is 0.296. The van der Waals surface area contributed by atoms with E-state index in [9.17, 15) is 9.59 Å². The van der Waals surface area contributed by atoms with Crippen LogP contribution in [-0.2, 0) is 4.79 Å². The normalized spacial score (nSPS) is 22.6. The van der Waals surface area contributed by atoms with Crippen molar-refractivity contribution in [2.45, 2.75) is 25.2 Å². The molecule has 0 spiro atoms. The summed E-state index contributed by atoms with van der Waals surface area (Å²) in [5, 5.41) is 11.2. The van der Waals surface area contributed by atoms with Crippen LogP contribution < -0.4 is 16.1 Å². The van der Waals surface area contributed by atoms with Gasteiger partial charge in [0, 0.05) is 34.5 Å². The third kappa shape index (κ3) is 3.87. The predicted molar refractivity (Wildman–Crippen MR) is 132 cm³/mol. The maximum atomic E-state index is 12.9. The number of nitrogens with zero attached hydrogens (tertiary/aromatic N) is 1. The number of aromatic amines is 1. The van der Waals surface area contributed by atoms with Crippen molar-refractivity contribution in [2.75, 3.05) is 18.4 Å². The molecule has 7 heteroatoms. The van der Waals surface area contributed by atoms with Crippen molar-refractivity contribution in [3.8, 4) is 11.8 Å². The van der Waals surface area contributed by atoms with Gasteiger partial charge in [0.2, 0.25) is 5.91 Å². The van der Waals surface area contributed by atoms with E-state index in [-0.39, 0.29) is 23.7 Å². The van der Waals surface area contributed by atoms with Crippen LogP contribution in [0.3, 0.4) is 0 Å². The lowest BCUT2D eigenvalue weighted by atomic mass is 10.0. The number of hydrazone groups is 1. The minimum atomic E-state index is -0.305. The Balaban J connectivity index is 1.28. The van der Waals surface area contributed by atoms with Crippen molar-refractivity contribution in [3.63, 3.8) is 0 Å². The molecular formula is C27H25N5O2. The highest BCUT2D eigenvalue weighted by molar-refractivity contribution is 6.16. The molecule has 2 aliphatic heterocycles. The van der Waals surface area contributed by atoms with Gasteiger partial charge >= 0.3 is 0 Å². The fourth-order valence-corrected chi connectivity index (χ4v) is 5.01. The molecule has 1 aromatic heterocycles. The number of carbonyl (C=O) groups is 2. The van der Waals surface area contributed by atoms with Gasteiger partial charge in [-0.3, -0.25) is 9.59 Å². The molecular weight excluding hydrogens is 426 g/mol. The average Bonchev–Trinajstić information content (AvgIpc) is 3.40. The molecule has 0 radical (unpaired) electrons. The van der Waals surface area contributed by atoms with Gasteiger partial charge in [0.05, 0.1) is 17.5 Å². The van der Waals surface area contributed by atoms with Gasteiger partial charge in [-0.05, 0) is 61.4 Å². The van der Waals surface area contributed by atoms with Gasteiger partial charge in [-0.2, -0.15) is 5.10 Å². The van der Waals surface area contributed by atoms with Crippen molar-refractivity contribution >= 4 is 34.6 Å². The highest BCUT2D eigenvalue weighted by atomic mass is 16.2. The summed E-state index contributed by atoms with van der Waals surface area (Å²) in [5.74, 6) is 6.97. The Kier molecular flexibility index (Phi) is 5.16. The van der Waals surface area contributed by atoms with Crippen molar-refractivity contribution in [2.24, 2.45) is 16.9 Å². The maximum Gasteiger partial charge on any atom is 0.272 e.